The van der Waals surface area contributed by atoms with Crippen LogP contribution >= 0.6 is 0 Å². The summed E-state index contributed by atoms with van der Waals surface area (Å²) in [6.07, 6.45) is 4.55. The Morgan fingerprint density at radius 1 is 1.17 bits per heavy atom. The van der Waals surface area contributed by atoms with Gasteiger partial charge in [0.15, 0.2) is 0 Å². The molecule has 188 valence electrons. The summed E-state index contributed by atoms with van der Waals surface area (Å²) in [5, 5.41) is 12.5. The highest BCUT2D eigenvalue weighted by molar-refractivity contribution is 6.11. The maximum absolute atomic E-state index is 13.9. The van der Waals surface area contributed by atoms with Gasteiger partial charge in [-0.2, -0.15) is 0 Å². The number of hydrogen-bond donors (Lipinski definition) is 1. The third-order valence-electron chi connectivity index (χ3n) is 9.76. The quantitative estimate of drug-likeness (QED) is 0.512. The van der Waals surface area contributed by atoms with Crippen LogP contribution in [0.25, 0.3) is 0 Å². The first-order valence-corrected chi connectivity index (χ1v) is 12.1. The smallest absolute Gasteiger partial charge is 0.331 e. The fraction of sp³-hybridized carbons (Fsp3) is 0.630. The number of methoxy groups -OCH3 is 1. The van der Waals surface area contributed by atoms with Gasteiger partial charge in [0.2, 0.25) is 0 Å². The van der Waals surface area contributed by atoms with E-state index >= 15 is 0 Å². The van der Waals surface area contributed by atoms with Gasteiger partial charge in [0.25, 0.3) is 0 Å². The Hall–Kier alpha value is -2.74. The van der Waals surface area contributed by atoms with Crippen LogP contribution in [-0.4, -0.2) is 41.3 Å². The number of furan rings is 1. The highest BCUT2D eigenvalue weighted by Crippen LogP contribution is 2.69. The van der Waals surface area contributed by atoms with E-state index in [4.69, 9.17) is 13.9 Å². The second-order valence-electron chi connectivity index (χ2n) is 11.7. The SMILES string of the molecule is COC(=O)C[C@@H]1C(C)(C)C(=O)[C@H]2C[C@]3(O)C4=CC(=O)O[C@H](c5ccoc5)[C@@]4(C)CC[C@@H]3[C@]1(C)C2=O. The third kappa shape index (κ3) is 2.95. The van der Waals surface area contributed by atoms with Gasteiger partial charge in [-0.05, 0) is 36.8 Å². The zero-order valence-corrected chi connectivity index (χ0v) is 20.8. The van der Waals surface area contributed by atoms with Crippen LogP contribution in [0.4, 0.5) is 0 Å². The Morgan fingerprint density at radius 3 is 2.51 bits per heavy atom. The van der Waals surface area contributed by atoms with Crippen molar-refractivity contribution in [3.63, 3.8) is 0 Å². The Kier molecular flexibility index (Phi) is 5.06. The maximum atomic E-state index is 13.9. The van der Waals surface area contributed by atoms with Crippen molar-refractivity contribution >= 4 is 23.5 Å². The van der Waals surface area contributed by atoms with Gasteiger partial charge in [-0.25, -0.2) is 4.79 Å². The minimum Gasteiger partial charge on any atom is -0.472 e. The van der Waals surface area contributed by atoms with Crippen LogP contribution in [-0.2, 0) is 28.7 Å². The van der Waals surface area contributed by atoms with E-state index in [2.05, 4.69) is 0 Å². The van der Waals surface area contributed by atoms with E-state index in [0.717, 1.165) is 0 Å². The summed E-state index contributed by atoms with van der Waals surface area (Å²) in [6, 6.07) is 1.74. The lowest BCUT2D eigenvalue weighted by molar-refractivity contribution is -0.207. The van der Waals surface area contributed by atoms with Gasteiger partial charge in [-0.3, -0.25) is 14.4 Å². The maximum Gasteiger partial charge on any atom is 0.331 e. The standard InChI is InChI=1S/C27H32O8/c1-24(2)17(10-19(28)33-5)26(4)16-6-8-25(3)18(27(16,32)12-15(21(24)30)22(26)31)11-20(29)35-23(25)14-7-9-34-13-14/h7,9,11,13,15-17,23,32H,6,8,10,12H2,1-5H3/t15-,16-,17-,23-,25+,26+,27-/m1/s1. The van der Waals surface area contributed by atoms with E-state index in [9.17, 15) is 24.3 Å². The Bertz CT molecular complexity index is 1150. The number of esters is 2. The number of hydrogen-bond acceptors (Lipinski definition) is 8. The molecule has 0 aromatic carbocycles. The fourth-order valence-electron chi connectivity index (χ4n) is 8.03. The number of Topliss-reactive ketones (excluding diaryl/α,β-unsaturated/α-hetero) is 2. The van der Waals surface area contributed by atoms with Crippen molar-refractivity contribution in [2.75, 3.05) is 7.11 Å². The van der Waals surface area contributed by atoms with E-state index in [-0.39, 0.29) is 24.4 Å². The van der Waals surface area contributed by atoms with E-state index in [0.29, 0.717) is 24.0 Å². The molecule has 0 radical (unpaired) electrons. The van der Waals surface area contributed by atoms with Gasteiger partial charge < -0.3 is 19.0 Å². The lowest BCUT2D eigenvalue weighted by atomic mass is 9.37. The number of carbonyl (C=O) groups excluding carboxylic acids is 4. The van der Waals surface area contributed by atoms with Crippen LogP contribution in [0.3, 0.4) is 0 Å². The number of cyclic esters (lactones) is 1. The summed E-state index contributed by atoms with van der Waals surface area (Å²) in [7, 11) is 1.28. The molecule has 8 nitrogen and oxygen atoms in total. The molecule has 1 aliphatic heterocycles. The van der Waals surface area contributed by atoms with Gasteiger partial charge in [-0.1, -0.05) is 27.7 Å². The van der Waals surface area contributed by atoms with Crippen LogP contribution in [0, 0.1) is 34.0 Å². The lowest BCUT2D eigenvalue weighted by Gasteiger charge is -2.66. The van der Waals surface area contributed by atoms with Crippen LogP contribution in [0.5, 0.6) is 0 Å². The first-order valence-electron chi connectivity index (χ1n) is 12.1. The van der Waals surface area contributed by atoms with Crippen LogP contribution in [0.15, 0.2) is 34.7 Å². The number of rotatable bonds is 3. The monoisotopic (exact) mass is 484 g/mol. The average Bonchev–Trinajstić information content (AvgIpc) is 3.33. The summed E-state index contributed by atoms with van der Waals surface area (Å²) in [4.78, 5) is 52.7. The molecule has 0 unspecified atom stereocenters. The summed E-state index contributed by atoms with van der Waals surface area (Å²) in [6.45, 7) is 7.30. The third-order valence-corrected chi connectivity index (χ3v) is 9.76. The van der Waals surface area contributed by atoms with Gasteiger partial charge in [0, 0.05) is 33.8 Å². The second kappa shape index (κ2) is 7.38. The normalized spacial score (nSPS) is 41.9. The first kappa shape index (κ1) is 24.0. The summed E-state index contributed by atoms with van der Waals surface area (Å²) in [5.41, 5.74) is -3.25. The molecule has 2 bridgehead atoms. The molecule has 0 spiro atoms. The van der Waals surface area contributed by atoms with Crippen molar-refractivity contribution in [3.8, 4) is 0 Å². The lowest BCUT2D eigenvalue weighted by Crippen LogP contribution is -2.72. The van der Waals surface area contributed by atoms with Gasteiger partial charge in [0.05, 0.1) is 37.6 Å². The topological polar surface area (TPSA) is 120 Å². The van der Waals surface area contributed by atoms with E-state index < -0.39 is 57.6 Å². The van der Waals surface area contributed by atoms with Gasteiger partial charge in [0.1, 0.15) is 17.7 Å². The zero-order valence-electron chi connectivity index (χ0n) is 20.8. The van der Waals surface area contributed by atoms with Crippen molar-refractivity contribution in [2.45, 2.75) is 65.1 Å². The molecular weight excluding hydrogens is 452 g/mol. The highest BCUT2D eigenvalue weighted by Gasteiger charge is 2.73. The molecule has 8 heteroatoms. The van der Waals surface area contributed by atoms with Crippen LogP contribution in [0.1, 0.15) is 65.0 Å². The van der Waals surface area contributed by atoms with Crippen molar-refractivity contribution in [1.82, 2.24) is 0 Å². The summed E-state index contributed by atoms with van der Waals surface area (Å²) >= 11 is 0. The highest BCUT2D eigenvalue weighted by atomic mass is 16.5. The predicted octanol–water partition coefficient (Wildman–Crippen LogP) is 3.33. The molecule has 1 N–H and O–H groups in total. The molecule has 0 saturated heterocycles. The van der Waals surface area contributed by atoms with Crippen molar-refractivity contribution in [2.24, 2.45) is 34.0 Å². The second-order valence-corrected chi connectivity index (χ2v) is 11.7. The van der Waals surface area contributed by atoms with E-state index in [1.165, 1.54) is 25.7 Å². The van der Waals surface area contributed by atoms with E-state index in [1.54, 1.807) is 26.8 Å². The molecule has 7 atom stereocenters. The largest absolute Gasteiger partial charge is 0.472 e. The summed E-state index contributed by atoms with van der Waals surface area (Å²) in [5.74, 6) is -3.82. The molecule has 35 heavy (non-hydrogen) atoms. The fourth-order valence-corrected chi connectivity index (χ4v) is 8.03. The molecule has 4 aliphatic rings. The molecule has 2 heterocycles. The molecule has 5 rings (SSSR count). The van der Waals surface area contributed by atoms with Gasteiger partial charge in [-0.15, -0.1) is 0 Å². The van der Waals surface area contributed by atoms with Crippen LogP contribution in [0.2, 0.25) is 0 Å². The number of ketones is 2. The molecule has 3 saturated carbocycles. The van der Waals surface area contributed by atoms with Crippen LogP contribution < -0.4 is 0 Å². The number of ether oxygens (including phenoxy) is 2. The van der Waals surface area contributed by atoms with Crippen molar-refractivity contribution in [1.29, 1.82) is 0 Å². The average molecular weight is 485 g/mol. The Morgan fingerprint density at radius 2 is 1.89 bits per heavy atom. The number of aliphatic hydroxyl groups is 1. The van der Waals surface area contributed by atoms with Gasteiger partial charge >= 0.3 is 11.9 Å². The minimum absolute atomic E-state index is 0.0773. The Balaban J connectivity index is 1.67. The zero-order chi connectivity index (χ0) is 25.6. The minimum atomic E-state index is -1.58. The number of carbonyl (C=O) groups is 4. The number of fused-ring (bicyclic) bond motifs is 6. The molecule has 0 amide bonds. The van der Waals surface area contributed by atoms with Crippen molar-refractivity contribution in [3.05, 3.63) is 35.8 Å². The van der Waals surface area contributed by atoms with Crippen molar-refractivity contribution < 1.29 is 38.2 Å². The first-order chi connectivity index (χ1) is 16.3. The molecule has 1 aromatic heterocycles. The predicted molar refractivity (Wildman–Crippen MR) is 122 cm³/mol. The summed E-state index contributed by atoms with van der Waals surface area (Å²) < 4.78 is 15.9. The molecule has 3 aliphatic carbocycles. The Labute approximate surface area is 204 Å². The molecule has 1 aromatic rings. The molecule has 3 fully saturated rings. The molecular formula is C27H32O8. The van der Waals surface area contributed by atoms with E-state index in [1.807, 2.05) is 6.92 Å².